The van der Waals surface area contributed by atoms with E-state index in [4.69, 9.17) is 14.5 Å². The molecule has 3 nitrogen and oxygen atoms in total. The first-order valence-corrected chi connectivity index (χ1v) is 9.72. The molecule has 1 heterocycles. The number of aromatic nitrogens is 1. The van der Waals surface area contributed by atoms with Crippen molar-refractivity contribution in [1.82, 2.24) is 4.98 Å². The minimum Gasteiger partial charge on any atom is -0.497 e. The fraction of sp³-hybridized carbons (Fsp3) is 0.115. The summed E-state index contributed by atoms with van der Waals surface area (Å²) in [6, 6.07) is 30.7. The molecule has 29 heavy (non-hydrogen) atoms. The van der Waals surface area contributed by atoms with Gasteiger partial charge in [0.05, 0.1) is 25.1 Å². The lowest BCUT2D eigenvalue weighted by Gasteiger charge is -2.13. The van der Waals surface area contributed by atoms with E-state index < -0.39 is 0 Å². The molecule has 0 aliphatic heterocycles. The number of hydrogen-bond acceptors (Lipinski definition) is 3. The highest BCUT2D eigenvalue weighted by Crippen LogP contribution is 2.34. The van der Waals surface area contributed by atoms with Crippen LogP contribution in [-0.4, -0.2) is 18.7 Å². The summed E-state index contributed by atoms with van der Waals surface area (Å²) in [6.07, 6.45) is 0. The molecule has 144 valence electrons. The summed E-state index contributed by atoms with van der Waals surface area (Å²) in [5, 5.41) is 0. The van der Waals surface area contributed by atoms with Crippen LogP contribution in [0.25, 0.3) is 33.6 Å². The van der Waals surface area contributed by atoms with Crippen molar-refractivity contribution < 1.29 is 9.47 Å². The molecule has 1 aromatic heterocycles. The predicted octanol–water partition coefficient (Wildman–Crippen LogP) is 6.49. The quantitative estimate of drug-likeness (QED) is 0.382. The first kappa shape index (κ1) is 18.8. The van der Waals surface area contributed by atoms with E-state index in [-0.39, 0.29) is 0 Å². The maximum absolute atomic E-state index is 5.60. The maximum atomic E-state index is 5.60. The molecule has 0 aliphatic carbocycles. The average Bonchev–Trinajstić information content (AvgIpc) is 2.80. The lowest BCUT2D eigenvalue weighted by molar-refractivity contribution is 0.340. The van der Waals surface area contributed by atoms with Gasteiger partial charge in [-0.3, -0.25) is 0 Å². The van der Waals surface area contributed by atoms with Crippen LogP contribution in [0, 0.1) is 0 Å². The van der Waals surface area contributed by atoms with Gasteiger partial charge in [-0.15, -0.1) is 0 Å². The third-order valence-corrected chi connectivity index (χ3v) is 4.80. The Bertz CT molecular complexity index is 1070. The van der Waals surface area contributed by atoms with Crippen molar-refractivity contribution in [3.63, 3.8) is 0 Å². The Morgan fingerprint density at radius 3 is 1.97 bits per heavy atom. The normalized spacial score (nSPS) is 10.6. The molecule has 0 unspecified atom stereocenters. The van der Waals surface area contributed by atoms with Gasteiger partial charge in [0.25, 0.3) is 0 Å². The van der Waals surface area contributed by atoms with Crippen LogP contribution in [-0.2, 0) is 0 Å². The van der Waals surface area contributed by atoms with E-state index in [1.54, 1.807) is 7.11 Å². The number of pyridine rings is 1. The van der Waals surface area contributed by atoms with E-state index in [1.807, 2.05) is 49.4 Å². The number of benzene rings is 3. The zero-order valence-electron chi connectivity index (χ0n) is 16.6. The fourth-order valence-corrected chi connectivity index (χ4v) is 3.33. The van der Waals surface area contributed by atoms with E-state index >= 15 is 0 Å². The summed E-state index contributed by atoms with van der Waals surface area (Å²) in [7, 11) is 1.68. The van der Waals surface area contributed by atoms with Crippen molar-refractivity contribution in [3.8, 4) is 45.1 Å². The van der Waals surface area contributed by atoms with Crippen LogP contribution in [0.2, 0.25) is 0 Å². The molecular weight excluding hydrogens is 358 g/mol. The largest absolute Gasteiger partial charge is 0.497 e. The number of rotatable bonds is 6. The zero-order chi connectivity index (χ0) is 20.1. The highest BCUT2D eigenvalue weighted by molar-refractivity contribution is 5.83. The zero-order valence-corrected chi connectivity index (χ0v) is 16.6. The molecule has 0 saturated carbocycles. The molecule has 0 radical (unpaired) electrons. The van der Waals surface area contributed by atoms with Crippen molar-refractivity contribution in [2.45, 2.75) is 6.92 Å². The first-order chi connectivity index (χ1) is 14.3. The summed E-state index contributed by atoms with van der Waals surface area (Å²) >= 11 is 0. The van der Waals surface area contributed by atoms with E-state index in [9.17, 15) is 0 Å². The summed E-state index contributed by atoms with van der Waals surface area (Å²) in [5.41, 5.74) is 6.22. The summed E-state index contributed by atoms with van der Waals surface area (Å²) in [4.78, 5) is 5.04. The molecule has 0 fully saturated rings. The second-order valence-corrected chi connectivity index (χ2v) is 6.64. The Labute approximate surface area is 171 Å². The Morgan fingerprint density at radius 2 is 1.31 bits per heavy atom. The monoisotopic (exact) mass is 381 g/mol. The Hall–Kier alpha value is -3.59. The molecule has 0 spiro atoms. The highest BCUT2D eigenvalue weighted by atomic mass is 16.5. The number of ether oxygens (including phenoxy) is 2. The van der Waals surface area contributed by atoms with Crippen LogP contribution >= 0.6 is 0 Å². The molecule has 4 rings (SSSR count). The Kier molecular flexibility index (Phi) is 5.57. The second kappa shape index (κ2) is 8.61. The van der Waals surface area contributed by atoms with E-state index in [1.165, 1.54) is 0 Å². The minimum atomic E-state index is 0.651. The molecule has 3 aromatic carbocycles. The topological polar surface area (TPSA) is 31.4 Å². The van der Waals surface area contributed by atoms with Crippen LogP contribution in [0.3, 0.4) is 0 Å². The van der Waals surface area contributed by atoms with Gasteiger partial charge in [0.2, 0.25) is 0 Å². The Balaban J connectivity index is 1.83. The van der Waals surface area contributed by atoms with Crippen LogP contribution < -0.4 is 9.47 Å². The number of methoxy groups -OCH3 is 1. The van der Waals surface area contributed by atoms with Crippen molar-refractivity contribution in [2.24, 2.45) is 0 Å². The van der Waals surface area contributed by atoms with Gasteiger partial charge in [-0.1, -0.05) is 48.5 Å². The van der Waals surface area contributed by atoms with Gasteiger partial charge in [-0.05, 0) is 55.0 Å². The van der Waals surface area contributed by atoms with Gasteiger partial charge in [-0.2, -0.15) is 0 Å². The smallest absolute Gasteiger partial charge is 0.119 e. The van der Waals surface area contributed by atoms with Crippen LogP contribution in [0.1, 0.15) is 6.92 Å². The van der Waals surface area contributed by atoms with E-state index in [0.29, 0.717) is 6.61 Å². The molecule has 0 N–H and O–H groups in total. The lowest BCUT2D eigenvalue weighted by Crippen LogP contribution is -1.94. The fourth-order valence-electron chi connectivity index (χ4n) is 3.33. The molecule has 0 atom stereocenters. The third-order valence-electron chi connectivity index (χ3n) is 4.80. The third kappa shape index (κ3) is 4.14. The molecule has 0 amide bonds. The van der Waals surface area contributed by atoms with Crippen LogP contribution in [0.5, 0.6) is 11.5 Å². The standard InChI is InChI=1S/C26H23NO2/c1-3-29-23-15-11-21(12-16-23)26-24(19-9-13-22(28-2)14-10-19)17-18-25(27-26)20-7-5-4-6-8-20/h4-18H,3H2,1-2H3. The van der Waals surface area contributed by atoms with Crippen molar-refractivity contribution >= 4 is 0 Å². The van der Waals surface area contributed by atoms with Gasteiger partial charge >= 0.3 is 0 Å². The van der Waals surface area contributed by atoms with E-state index in [0.717, 1.165) is 45.1 Å². The Morgan fingerprint density at radius 1 is 0.655 bits per heavy atom. The predicted molar refractivity (Wildman–Crippen MR) is 118 cm³/mol. The van der Waals surface area contributed by atoms with Gasteiger partial charge in [0.15, 0.2) is 0 Å². The molecule has 0 saturated heterocycles. The summed E-state index contributed by atoms with van der Waals surface area (Å²) < 4.78 is 10.9. The van der Waals surface area contributed by atoms with Crippen molar-refractivity contribution in [3.05, 3.63) is 91.0 Å². The SMILES string of the molecule is CCOc1ccc(-c2nc(-c3ccccc3)ccc2-c2ccc(OC)cc2)cc1. The van der Waals surface area contributed by atoms with Gasteiger partial charge in [-0.25, -0.2) is 4.98 Å². The van der Waals surface area contributed by atoms with Crippen molar-refractivity contribution in [2.75, 3.05) is 13.7 Å². The molecule has 0 aliphatic rings. The second-order valence-electron chi connectivity index (χ2n) is 6.64. The van der Waals surface area contributed by atoms with Gasteiger partial charge in [0, 0.05) is 16.7 Å². The average molecular weight is 381 g/mol. The summed E-state index contributed by atoms with van der Waals surface area (Å²) in [5.74, 6) is 1.70. The van der Waals surface area contributed by atoms with Crippen molar-refractivity contribution in [1.29, 1.82) is 0 Å². The number of hydrogen-bond donors (Lipinski definition) is 0. The van der Waals surface area contributed by atoms with Gasteiger partial charge < -0.3 is 9.47 Å². The molecular formula is C26H23NO2. The number of nitrogens with zero attached hydrogens (tertiary/aromatic N) is 1. The first-order valence-electron chi connectivity index (χ1n) is 9.72. The minimum absolute atomic E-state index is 0.651. The lowest BCUT2D eigenvalue weighted by atomic mass is 9.97. The van der Waals surface area contributed by atoms with E-state index in [2.05, 4.69) is 48.5 Å². The van der Waals surface area contributed by atoms with Crippen LogP contribution in [0.15, 0.2) is 91.0 Å². The highest BCUT2D eigenvalue weighted by Gasteiger charge is 2.12. The van der Waals surface area contributed by atoms with Crippen LogP contribution in [0.4, 0.5) is 0 Å². The van der Waals surface area contributed by atoms with Gasteiger partial charge in [0.1, 0.15) is 11.5 Å². The molecule has 3 heteroatoms. The summed E-state index contributed by atoms with van der Waals surface area (Å²) in [6.45, 7) is 2.64. The molecule has 4 aromatic rings. The molecule has 0 bridgehead atoms. The maximum Gasteiger partial charge on any atom is 0.119 e.